The van der Waals surface area contributed by atoms with Crippen LogP contribution in [0.25, 0.3) is 0 Å². The third-order valence-electron chi connectivity index (χ3n) is 3.61. The van der Waals surface area contributed by atoms with E-state index in [-0.39, 0.29) is 24.6 Å². The molecular formula is C21H24FN3O4. The first kappa shape index (κ1) is 21.9. The Morgan fingerprint density at radius 2 is 1.62 bits per heavy atom. The third-order valence-corrected chi connectivity index (χ3v) is 3.61. The highest BCUT2D eigenvalue weighted by Gasteiger charge is 2.16. The fourth-order valence-electron chi connectivity index (χ4n) is 2.28. The second kappa shape index (κ2) is 9.68. The van der Waals surface area contributed by atoms with Gasteiger partial charge in [0.15, 0.2) is 0 Å². The number of carbonyl (C=O) groups is 3. The quantitative estimate of drug-likeness (QED) is 0.692. The second-order valence-corrected chi connectivity index (χ2v) is 7.26. The van der Waals surface area contributed by atoms with Crippen LogP contribution in [0.15, 0.2) is 48.5 Å². The molecule has 2 rings (SSSR count). The molecule has 0 radical (unpaired) electrons. The van der Waals surface area contributed by atoms with Crippen LogP contribution in [0.3, 0.4) is 0 Å². The molecule has 0 fully saturated rings. The van der Waals surface area contributed by atoms with Crippen LogP contribution in [0.5, 0.6) is 0 Å². The van der Waals surface area contributed by atoms with Crippen LogP contribution < -0.4 is 16.0 Å². The van der Waals surface area contributed by atoms with Gasteiger partial charge >= 0.3 is 6.09 Å². The summed E-state index contributed by atoms with van der Waals surface area (Å²) in [6.45, 7) is 5.24. The minimum absolute atomic E-state index is 0.0404. The van der Waals surface area contributed by atoms with Gasteiger partial charge in [0.2, 0.25) is 5.91 Å². The van der Waals surface area contributed by atoms with E-state index in [1.165, 1.54) is 18.2 Å². The lowest BCUT2D eigenvalue weighted by molar-refractivity contribution is -0.120. The minimum atomic E-state index is -0.664. The molecule has 0 atom stereocenters. The van der Waals surface area contributed by atoms with Gasteiger partial charge in [0, 0.05) is 12.2 Å². The Kier molecular flexibility index (Phi) is 7.30. The van der Waals surface area contributed by atoms with Gasteiger partial charge < -0.3 is 20.7 Å². The lowest BCUT2D eigenvalue weighted by atomic mass is 10.1. The summed E-state index contributed by atoms with van der Waals surface area (Å²) in [6, 6.07) is 12.5. The first-order chi connectivity index (χ1) is 13.6. The molecule has 0 aliphatic carbocycles. The Bertz CT molecular complexity index is 876. The highest BCUT2D eigenvalue weighted by molar-refractivity contribution is 6.04. The van der Waals surface area contributed by atoms with E-state index in [1.54, 1.807) is 51.1 Å². The molecule has 0 saturated heterocycles. The normalized spacial score (nSPS) is 10.8. The molecule has 154 valence electrons. The minimum Gasteiger partial charge on any atom is -0.444 e. The molecule has 3 N–H and O–H groups in total. The fourth-order valence-corrected chi connectivity index (χ4v) is 2.28. The van der Waals surface area contributed by atoms with Gasteiger partial charge in [-0.05, 0) is 50.6 Å². The maximum Gasteiger partial charge on any atom is 0.408 e. The second-order valence-electron chi connectivity index (χ2n) is 7.26. The third kappa shape index (κ3) is 7.61. The van der Waals surface area contributed by atoms with Crippen LogP contribution in [0.4, 0.5) is 14.9 Å². The van der Waals surface area contributed by atoms with Gasteiger partial charge in [-0.1, -0.05) is 24.3 Å². The highest BCUT2D eigenvalue weighted by atomic mass is 19.1. The molecule has 2 aromatic carbocycles. The molecule has 0 aliphatic rings. The van der Waals surface area contributed by atoms with Crippen molar-refractivity contribution >= 4 is 23.6 Å². The van der Waals surface area contributed by atoms with Gasteiger partial charge in [-0.2, -0.15) is 0 Å². The fraction of sp³-hybridized carbons (Fsp3) is 0.286. The van der Waals surface area contributed by atoms with E-state index in [0.29, 0.717) is 5.69 Å². The van der Waals surface area contributed by atoms with E-state index in [2.05, 4.69) is 16.0 Å². The zero-order valence-electron chi connectivity index (χ0n) is 16.5. The number of anilines is 1. The smallest absolute Gasteiger partial charge is 0.408 e. The maximum atomic E-state index is 13.6. The zero-order valence-corrected chi connectivity index (χ0v) is 16.5. The summed E-state index contributed by atoms with van der Waals surface area (Å²) in [7, 11) is 0. The topological polar surface area (TPSA) is 96.5 Å². The van der Waals surface area contributed by atoms with Crippen molar-refractivity contribution in [3.05, 3.63) is 65.5 Å². The van der Waals surface area contributed by atoms with Crippen molar-refractivity contribution in [2.75, 3.05) is 11.9 Å². The summed E-state index contributed by atoms with van der Waals surface area (Å²) in [4.78, 5) is 35.4. The number of alkyl carbamates (subject to hydrolysis) is 1. The lowest BCUT2D eigenvalue weighted by Crippen LogP contribution is -2.39. The van der Waals surface area contributed by atoms with Crippen molar-refractivity contribution in [2.45, 2.75) is 32.9 Å². The van der Waals surface area contributed by atoms with Crippen LogP contribution in [0.2, 0.25) is 0 Å². The monoisotopic (exact) mass is 401 g/mol. The van der Waals surface area contributed by atoms with E-state index in [4.69, 9.17) is 4.74 Å². The molecule has 0 bridgehead atoms. The maximum absolute atomic E-state index is 13.6. The SMILES string of the molecule is CC(C)(C)OC(=O)NCC(=O)NCc1ccc(NC(=O)c2ccccc2F)cc1. The standard InChI is InChI=1S/C21H24FN3O4/c1-21(2,3)29-20(28)24-13-18(26)23-12-14-8-10-15(11-9-14)25-19(27)16-6-4-5-7-17(16)22/h4-11H,12-13H2,1-3H3,(H,23,26)(H,24,28)(H,25,27). The Balaban J connectivity index is 1.79. The molecule has 0 aliphatic heterocycles. The van der Waals surface area contributed by atoms with E-state index in [1.807, 2.05) is 0 Å². The van der Waals surface area contributed by atoms with Crippen molar-refractivity contribution in [1.82, 2.24) is 10.6 Å². The number of hydrogen-bond donors (Lipinski definition) is 3. The van der Waals surface area contributed by atoms with Crippen LogP contribution in [-0.2, 0) is 16.1 Å². The number of hydrogen-bond acceptors (Lipinski definition) is 4. The number of carbonyl (C=O) groups excluding carboxylic acids is 3. The molecule has 7 nitrogen and oxygen atoms in total. The van der Waals surface area contributed by atoms with E-state index < -0.39 is 23.4 Å². The molecule has 29 heavy (non-hydrogen) atoms. The van der Waals surface area contributed by atoms with Crippen LogP contribution in [0.1, 0.15) is 36.7 Å². The Labute approximate surface area is 168 Å². The molecular weight excluding hydrogens is 377 g/mol. The van der Waals surface area contributed by atoms with Crippen molar-refractivity contribution in [1.29, 1.82) is 0 Å². The molecule has 0 aromatic heterocycles. The predicted octanol–water partition coefficient (Wildman–Crippen LogP) is 3.22. The zero-order chi connectivity index (χ0) is 21.4. The molecule has 0 unspecified atom stereocenters. The van der Waals surface area contributed by atoms with Gasteiger partial charge in [-0.3, -0.25) is 9.59 Å². The number of nitrogens with one attached hydrogen (secondary N) is 3. The molecule has 2 aromatic rings. The van der Waals surface area contributed by atoms with E-state index >= 15 is 0 Å². The number of rotatable bonds is 6. The first-order valence-electron chi connectivity index (χ1n) is 9.02. The average molecular weight is 401 g/mol. The van der Waals surface area contributed by atoms with Crippen molar-refractivity contribution in [3.63, 3.8) is 0 Å². The number of ether oxygens (including phenoxy) is 1. The van der Waals surface area contributed by atoms with Crippen LogP contribution in [-0.4, -0.2) is 30.1 Å². The van der Waals surface area contributed by atoms with Gasteiger partial charge in [0.25, 0.3) is 5.91 Å². The Morgan fingerprint density at radius 3 is 2.24 bits per heavy atom. The first-order valence-corrected chi connectivity index (χ1v) is 9.02. The summed E-state index contributed by atoms with van der Waals surface area (Å²) in [5.74, 6) is -1.51. The molecule has 8 heteroatoms. The van der Waals surface area contributed by atoms with Crippen LogP contribution >= 0.6 is 0 Å². The van der Waals surface area contributed by atoms with Gasteiger partial charge in [-0.25, -0.2) is 9.18 Å². The van der Waals surface area contributed by atoms with Gasteiger partial charge in [0.1, 0.15) is 18.0 Å². The lowest BCUT2D eigenvalue weighted by Gasteiger charge is -2.19. The summed E-state index contributed by atoms with van der Waals surface area (Å²) in [6.07, 6.45) is -0.664. The molecule has 0 spiro atoms. The van der Waals surface area contributed by atoms with Crippen molar-refractivity contribution in [3.8, 4) is 0 Å². The average Bonchev–Trinajstić information content (AvgIpc) is 2.64. The highest BCUT2D eigenvalue weighted by Crippen LogP contribution is 2.13. The van der Waals surface area contributed by atoms with E-state index in [9.17, 15) is 18.8 Å². The van der Waals surface area contributed by atoms with Gasteiger partial charge in [0.05, 0.1) is 5.56 Å². The molecule has 0 heterocycles. The number of halogens is 1. The summed E-state index contributed by atoms with van der Waals surface area (Å²) in [5, 5.41) is 7.65. The largest absolute Gasteiger partial charge is 0.444 e. The van der Waals surface area contributed by atoms with Crippen molar-refractivity contribution < 1.29 is 23.5 Å². The Hall–Kier alpha value is -3.42. The Morgan fingerprint density at radius 1 is 0.966 bits per heavy atom. The summed E-state index contributed by atoms with van der Waals surface area (Å²) < 4.78 is 18.7. The van der Waals surface area contributed by atoms with Gasteiger partial charge in [-0.15, -0.1) is 0 Å². The molecule has 0 saturated carbocycles. The van der Waals surface area contributed by atoms with Crippen molar-refractivity contribution in [2.24, 2.45) is 0 Å². The number of amides is 3. The number of benzene rings is 2. The summed E-state index contributed by atoms with van der Waals surface area (Å²) in [5.41, 5.74) is 0.616. The van der Waals surface area contributed by atoms with Crippen LogP contribution in [0, 0.1) is 5.82 Å². The molecule has 3 amide bonds. The summed E-state index contributed by atoms with van der Waals surface area (Å²) >= 11 is 0. The van der Waals surface area contributed by atoms with E-state index in [0.717, 1.165) is 5.56 Å². The predicted molar refractivity (Wildman–Crippen MR) is 107 cm³/mol.